The lowest BCUT2D eigenvalue weighted by molar-refractivity contribution is 0.137. The van der Waals surface area contributed by atoms with Crippen LogP contribution in [0.4, 0.5) is 0 Å². The topological polar surface area (TPSA) is 64.5 Å². The first kappa shape index (κ1) is 9.36. The van der Waals surface area contributed by atoms with E-state index in [0.717, 1.165) is 13.0 Å². The first-order chi connectivity index (χ1) is 6.88. The molecule has 14 heavy (non-hydrogen) atoms. The van der Waals surface area contributed by atoms with E-state index in [1.54, 1.807) is 12.1 Å². The average molecular weight is 196 g/mol. The van der Waals surface area contributed by atoms with Crippen molar-refractivity contribution in [2.45, 2.75) is 19.1 Å². The molecule has 2 heterocycles. The zero-order chi connectivity index (χ0) is 9.80. The molecule has 1 aliphatic heterocycles. The van der Waals surface area contributed by atoms with Crippen LogP contribution in [0.1, 0.15) is 12.1 Å². The van der Waals surface area contributed by atoms with Crippen molar-refractivity contribution in [3.8, 4) is 5.88 Å². The Labute approximate surface area is 81.7 Å². The number of rotatable bonds is 3. The predicted octanol–water partition coefficient (Wildman–Crippen LogP) is 0.137. The molecule has 5 heteroatoms. The monoisotopic (exact) mass is 196 g/mol. The van der Waals surface area contributed by atoms with Gasteiger partial charge in [0.05, 0.1) is 25.5 Å². The van der Waals surface area contributed by atoms with Gasteiger partial charge in [0, 0.05) is 12.5 Å². The predicted molar refractivity (Wildman–Crippen MR) is 47.8 cm³/mol. The molecule has 1 aromatic rings. The third-order valence-corrected chi connectivity index (χ3v) is 2.03. The number of hydrogen-bond acceptors (Lipinski definition) is 5. The van der Waals surface area contributed by atoms with Crippen LogP contribution < -0.4 is 4.74 Å². The Balaban J connectivity index is 1.95. The van der Waals surface area contributed by atoms with Crippen LogP contribution >= 0.6 is 0 Å². The summed E-state index contributed by atoms with van der Waals surface area (Å²) in [6.45, 7) is 1.26. The SMILES string of the molecule is OCc1ccc(OC2CCOC2)nn1. The molecule has 0 aromatic carbocycles. The van der Waals surface area contributed by atoms with Crippen molar-refractivity contribution in [2.75, 3.05) is 13.2 Å². The van der Waals surface area contributed by atoms with Crippen molar-refractivity contribution in [3.05, 3.63) is 17.8 Å². The van der Waals surface area contributed by atoms with Gasteiger partial charge in [-0.05, 0) is 6.07 Å². The second kappa shape index (κ2) is 4.34. The molecule has 0 spiro atoms. The molecular weight excluding hydrogens is 184 g/mol. The molecule has 1 aliphatic rings. The summed E-state index contributed by atoms with van der Waals surface area (Å²) in [4.78, 5) is 0. The van der Waals surface area contributed by atoms with Crippen LogP contribution in [0.25, 0.3) is 0 Å². The van der Waals surface area contributed by atoms with Gasteiger partial charge in [-0.25, -0.2) is 0 Å². The van der Waals surface area contributed by atoms with Gasteiger partial charge in [0.15, 0.2) is 0 Å². The normalized spacial score (nSPS) is 21.1. The first-order valence-corrected chi connectivity index (χ1v) is 4.56. The van der Waals surface area contributed by atoms with Crippen LogP contribution in [-0.4, -0.2) is 34.6 Å². The van der Waals surface area contributed by atoms with Crippen molar-refractivity contribution in [2.24, 2.45) is 0 Å². The fourth-order valence-electron chi connectivity index (χ4n) is 1.27. The molecule has 0 bridgehead atoms. The average Bonchev–Trinajstić information content (AvgIpc) is 2.72. The summed E-state index contributed by atoms with van der Waals surface area (Å²) in [7, 11) is 0. The van der Waals surface area contributed by atoms with Crippen LogP contribution in [0.2, 0.25) is 0 Å². The summed E-state index contributed by atoms with van der Waals surface area (Å²) in [6, 6.07) is 3.40. The van der Waals surface area contributed by atoms with E-state index < -0.39 is 0 Å². The minimum absolute atomic E-state index is 0.0873. The molecule has 5 nitrogen and oxygen atoms in total. The van der Waals surface area contributed by atoms with Gasteiger partial charge in [0.25, 0.3) is 0 Å². The van der Waals surface area contributed by atoms with Gasteiger partial charge in [-0.15, -0.1) is 10.2 Å². The molecule has 1 saturated heterocycles. The molecule has 0 aliphatic carbocycles. The summed E-state index contributed by atoms with van der Waals surface area (Å²) in [5.41, 5.74) is 0.542. The third kappa shape index (κ3) is 2.18. The van der Waals surface area contributed by atoms with Crippen molar-refractivity contribution in [3.63, 3.8) is 0 Å². The summed E-state index contributed by atoms with van der Waals surface area (Å²) in [5, 5.41) is 16.3. The van der Waals surface area contributed by atoms with Gasteiger partial charge < -0.3 is 14.6 Å². The fourth-order valence-corrected chi connectivity index (χ4v) is 1.27. The fraction of sp³-hybridized carbons (Fsp3) is 0.556. The van der Waals surface area contributed by atoms with E-state index in [4.69, 9.17) is 14.6 Å². The van der Waals surface area contributed by atoms with E-state index in [1.165, 1.54) is 0 Å². The molecule has 0 amide bonds. The summed E-state index contributed by atoms with van der Waals surface area (Å²) >= 11 is 0. The molecule has 76 valence electrons. The van der Waals surface area contributed by atoms with Gasteiger partial charge in [-0.1, -0.05) is 0 Å². The minimum atomic E-state index is -0.0974. The van der Waals surface area contributed by atoms with E-state index >= 15 is 0 Å². The molecule has 0 saturated carbocycles. The summed E-state index contributed by atoms with van der Waals surface area (Å²) in [5.74, 6) is 0.484. The van der Waals surface area contributed by atoms with Crippen molar-refractivity contribution >= 4 is 0 Å². The second-order valence-corrected chi connectivity index (χ2v) is 3.12. The Morgan fingerprint density at radius 2 is 2.43 bits per heavy atom. The van der Waals surface area contributed by atoms with Gasteiger partial charge in [-0.3, -0.25) is 0 Å². The lowest BCUT2D eigenvalue weighted by atomic mass is 10.3. The minimum Gasteiger partial charge on any atom is -0.471 e. The Morgan fingerprint density at radius 1 is 1.50 bits per heavy atom. The standard InChI is InChI=1S/C9H12N2O3/c12-5-7-1-2-9(11-10-7)14-8-3-4-13-6-8/h1-2,8,12H,3-6H2. The molecule has 1 N–H and O–H groups in total. The number of hydrogen-bond donors (Lipinski definition) is 1. The largest absolute Gasteiger partial charge is 0.471 e. The molecule has 2 rings (SSSR count). The highest BCUT2D eigenvalue weighted by Crippen LogP contribution is 2.13. The molecule has 0 radical (unpaired) electrons. The van der Waals surface area contributed by atoms with E-state index in [1.807, 2.05) is 0 Å². The third-order valence-electron chi connectivity index (χ3n) is 2.03. The lowest BCUT2D eigenvalue weighted by Crippen LogP contribution is -2.16. The summed E-state index contributed by atoms with van der Waals surface area (Å²) in [6.07, 6.45) is 0.980. The van der Waals surface area contributed by atoms with E-state index in [0.29, 0.717) is 18.2 Å². The smallest absolute Gasteiger partial charge is 0.233 e. The van der Waals surface area contributed by atoms with E-state index in [9.17, 15) is 0 Å². The zero-order valence-electron chi connectivity index (χ0n) is 7.72. The zero-order valence-corrected chi connectivity index (χ0v) is 7.72. The van der Waals surface area contributed by atoms with Gasteiger partial charge in [0.1, 0.15) is 6.10 Å². The quantitative estimate of drug-likeness (QED) is 0.744. The number of aliphatic hydroxyl groups excluding tert-OH is 1. The number of ether oxygens (including phenoxy) is 2. The highest BCUT2D eigenvalue weighted by Gasteiger charge is 2.17. The van der Waals surface area contributed by atoms with Crippen molar-refractivity contribution in [1.29, 1.82) is 0 Å². The highest BCUT2D eigenvalue weighted by molar-refractivity contribution is 5.11. The number of aromatic nitrogens is 2. The highest BCUT2D eigenvalue weighted by atomic mass is 16.5. The molecular formula is C9H12N2O3. The lowest BCUT2D eigenvalue weighted by Gasteiger charge is -2.09. The van der Waals surface area contributed by atoms with Crippen LogP contribution in [0.15, 0.2) is 12.1 Å². The number of nitrogens with zero attached hydrogens (tertiary/aromatic N) is 2. The van der Waals surface area contributed by atoms with Crippen LogP contribution in [-0.2, 0) is 11.3 Å². The van der Waals surface area contributed by atoms with Crippen molar-refractivity contribution < 1.29 is 14.6 Å². The van der Waals surface area contributed by atoms with Gasteiger partial charge >= 0.3 is 0 Å². The van der Waals surface area contributed by atoms with Crippen molar-refractivity contribution in [1.82, 2.24) is 10.2 Å². The maximum Gasteiger partial charge on any atom is 0.233 e. The second-order valence-electron chi connectivity index (χ2n) is 3.12. The van der Waals surface area contributed by atoms with Gasteiger partial charge in [0.2, 0.25) is 5.88 Å². The Hall–Kier alpha value is -1.20. The maximum atomic E-state index is 8.75. The maximum absolute atomic E-state index is 8.75. The molecule has 1 unspecified atom stereocenters. The molecule has 1 fully saturated rings. The van der Waals surface area contributed by atoms with E-state index in [-0.39, 0.29) is 12.7 Å². The molecule has 1 atom stereocenters. The Bertz CT molecular complexity index is 283. The Morgan fingerprint density at radius 3 is 3.00 bits per heavy atom. The van der Waals surface area contributed by atoms with Crippen LogP contribution in [0.3, 0.4) is 0 Å². The van der Waals surface area contributed by atoms with Crippen LogP contribution in [0.5, 0.6) is 5.88 Å². The van der Waals surface area contributed by atoms with E-state index in [2.05, 4.69) is 10.2 Å². The number of aliphatic hydroxyl groups is 1. The Kier molecular flexibility index (Phi) is 2.90. The van der Waals surface area contributed by atoms with Crippen LogP contribution in [0, 0.1) is 0 Å². The molecule has 1 aromatic heterocycles. The summed E-state index contributed by atoms with van der Waals surface area (Å²) < 4.78 is 10.7. The first-order valence-electron chi connectivity index (χ1n) is 4.56. The van der Waals surface area contributed by atoms with Gasteiger partial charge in [-0.2, -0.15) is 0 Å².